The Bertz CT molecular complexity index is 276. The van der Waals surface area contributed by atoms with Crippen molar-refractivity contribution >= 4 is 23.5 Å². The fourth-order valence-corrected chi connectivity index (χ4v) is 6.70. The summed E-state index contributed by atoms with van der Waals surface area (Å²) in [7, 11) is 0. The summed E-state index contributed by atoms with van der Waals surface area (Å²) in [6, 6.07) is 1.59. The second-order valence-electron chi connectivity index (χ2n) is 6.59. The van der Waals surface area contributed by atoms with Crippen LogP contribution in [0.1, 0.15) is 44.9 Å². The summed E-state index contributed by atoms with van der Waals surface area (Å²) in [6.45, 7) is 2.49. The zero-order chi connectivity index (χ0) is 13.6. The maximum absolute atomic E-state index is 3.96. The highest BCUT2D eigenvalue weighted by molar-refractivity contribution is 8.06. The first-order chi connectivity index (χ1) is 9.93. The molecule has 4 heteroatoms. The summed E-state index contributed by atoms with van der Waals surface area (Å²) >= 11 is 4.33. The van der Waals surface area contributed by atoms with Crippen molar-refractivity contribution in [3.05, 3.63) is 0 Å². The molecule has 3 rings (SSSR count). The summed E-state index contributed by atoms with van der Waals surface area (Å²) < 4.78 is 0. The Labute approximate surface area is 133 Å². The first-order valence-corrected chi connectivity index (χ1v) is 10.8. The van der Waals surface area contributed by atoms with E-state index in [1.165, 1.54) is 75.3 Å². The lowest BCUT2D eigenvalue weighted by Crippen LogP contribution is -2.51. The lowest BCUT2D eigenvalue weighted by atomic mass is 9.77. The summed E-state index contributed by atoms with van der Waals surface area (Å²) in [5.74, 6) is 4.97. The number of piperidine rings is 1. The predicted molar refractivity (Wildman–Crippen MR) is 93.0 cm³/mol. The van der Waals surface area contributed by atoms with Crippen molar-refractivity contribution in [2.75, 3.05) is 30.3 Å². The fourth-order valence-electron chi connectivity index (χ4n) is 4.08. The molecule has 1 saturated carbocycles. The van der Waals surface area contributed by atoms with Crippen LogP contribution in [0.3, 0.4) is 0 Å². The molecular weight excluding hydrogens is 284 g/mol. The topological polar surface area (TPSA) is 24.1 Å². The van der Waals surface area contributed by atoms with E-state index in [4.69, 9.17) is 0 Å². The number of rotatable bonds is 4. The van der Waals surface area contributed by atoms with Gasteiger partial charge in [-0.2, -0.15) is 23.5 Å². The van der Waals surface area contributed by atoms with Crippen LogP contribution < -0.4 is 10.6 Å². The fraction of sp³-hybridized carbons (Fsp3) is 1.00. The van der Waals surface area contributed by atoms with Crippen LogP contribution in [0.4, 0.5) is 0 Å². The van der Waals surface area contributed by atoms with E-state index in [2.05, 4.69) is 34.2 Å². The van der Waals surface area contributed by atoms with Gasteiger partial charge >= 0.3 is 0 Å². The van der Waals surface area contributed by atoms with Gasteiger partial charge in [0.05, 0.1) is 0 Å². The molecule has 2 N–H and O–H groups in total. The SMILES string of the molecule is C1CCC(C2CCCCC2NCC2CSCCS2)NC1. The Morgan fingerprint density at radius 2 is 1.90 bits per heavy atom. The Balaban J connectivity index is 1.49. The van der Waals surface area contributed by atoms with Crippen LogP contribution in [-0.4, -0.2) is 47.7 Å². The van der Waals surface area contributed by atoms with Gasteiger partial charge < -0.3 is 10.6 Å². The molecule has 0 aromatic heterocycles. The molecule has 0 bridgehead atoms. The summed E-state index contributed by atoms with van der Waals surface area (Å²) in [5.41, 5.74) is 0. The highest BCUT2D eigenvalue weighted by atomic mass is 32.2. The largest absolute Gasteiger partial charge is 0.314 e. The van der Waals surface area contributed by atoms with E-state index in [1.807, 2.05) is 0 Å². The van der Waals surface area contributed by atoms with E-state index in [0.29, 0.717) is 0 Å². The molecular formula is C16H30N2S2. The molecule has 4 unspecified atom stereocenters. The minimum Gasteiger partial charge on any atom is -0.314 e. The predicted octanol–water partition coefficient (Wildman–Crippen LogP) is 3.13. The minimum absolute atomic E-state index is 0.784. The molecule has 2 heterocycles. The van der Waals surface area contributed by atoms with Gasteiger partial charge in [0.25, 0.3) is 0 Å². The third kappa shape index (κ3) is 4.31. The lowest BCUT2D eigenvalue weighted by Gasteiger charge is -2.40. The Kier molecular flexibility index (Phi) is 6.44. The third-order valence-electron chi connectivity index (χ3n) is 5.18. The second-order valence-corrected chi connectivity index (χ2v) is 9.15. The Hall–Kier alpha value is 0.620. The molecule has 4 atom stereocenters. The van der Waals surface area contributed by atoms with Gasteiger partial charge in [-0.25, -0.2) is 0 Å². The van der Waals surface area contributed by atoms with Gasteiger partial charge in [-0.05, 0) is 38.1 Å². The third-order valence-corrected chi connectivity index (χ3v) is 8.02. The van der Waals surface area contributed by atoms with Gasteiger partial charge in [-0.15, -0.1) is 0 Å². The first kappa shape index (κ1) is 15.5. The molecule has 20 heavy (non-hydrogen) atoms. The molecule has 116 valence electrons. The van der Waals surface area contributed by atoms with Crippen molar-refractivity contribution in [2.45, 2.75) is 62.3 Å². The van der Waals surface area contributed by atoms with Crippen LogP contribution in [0, 0.1) is 5.92 Å². The van der Waals surface area contributed by atoms with Crippen LogP contribution in [-0.2, 0) is 0 Å². The number of hydrogen-bond donors (Lipinski definition) is 2. The van der Waals surface area contributed by atoms with Crippen molar-refractivity contribution in [1.29, 1.82) is 0 Å². The van der Waals surface area contributed by atoms with Gasteiger partial charge in [0.15, 0.2) is 0 Å². The Morgan fingerprint density at radius 1 is 1.00 bits per heavy atom. The lowest BCUT2D eigenvalue weighted by molar-refractivity contribution is 0.183. The molecule has 2 aliphatic heterocycles. The van der Waals surface area contributed by atoms with Gasteiger partial charge in [-0.1, -0.05) is 19.3 Å². The molecule has 2 saturated heterocycles. The standard InChI is InChI=1S/C16H30N2S2/c1-2-6-16(18-11-13-12-19-9-10-20-13)14(5-1)15-7-3-4-8-17-15/h13-18H,1-12H2. The zero-order valence-corrected chi connectivity index (χ0v) is 14.2. The van der Waals surface area contributed by atoms with Crippen LogP contribution >= 0.6 is 23.5 Å². The van der Waals surface area contributed by atoms with E-state index in [9.17, 15) is 0 Å². The second kappa shape index (κ2) is 8.30. The zero-order valence-electron chi connectivity index (χ0n) is 12.6. The molecule has 0 spiro atoms. The van der Waals surface area contributed by atoms with Crippen molar-refractivity contribution in [3.8, 4) is 0 Å². The molecule has 0 radical (unpaired) electrons. The smallest absolute Gasteiger partial charge is 0.0263 e. The average Bonchev–Trinajstić information content (AvgIpc) is 2.55. The van der Waals surface area contributed by atoms with E-state index in [0.717, 1.165) is 23.3 Å². The van der Waals surface area contributed by atoms with Gasteiger partial charge in [0, 0.05) is 41.1 Å². The molecule has 1 aliphatic carbocycles. The molecule has 3 fully saturated rings. The van der Waals surface area contributed by atoms with E-state index in [1.54, 1.807) is 0 Å². The number of thioether (sulfide) groups is 2. The van der Waals surface area contributed by atoms with E-state index in [-0.39, 0.29) is 0 Å². The van der Waals surface area contributed by atoms with Crippen molar-refractivity contribution in [1.82, 2.24) is 10.6 Å². The monoisotopic (exact) mass is 314 g/mol. The maximum Gasteiger partial charge on any atom is 0.0263 e. The van der Waals surface area contributed by atoms with Crippen LogP contribution in [0.2, 0.25) is 0 Å². The van der Waals surface area contributed by atoms with Crippen molar-refractivity contribution in [2.24, 2.45) is 5.92 Å². The Morgan fingerprint density at radius 3 is 2.70 bits per heavy atom. The molecule has 0 amide bonds. The molecule has 2 nitrogen and oxygen atoms in total. The van der Waals surface area contributed by atoms with Gasteiger partial charge in [0.1, 0.15) is 0 Å². The average molecular weight is 315 g/mol. The van der Waals surface area contributed by atoms with Gasteiger partial charge in [0.2, 0.25) is 0 Å². The number of nitrogens with one attached hydrogen (secondary N) is 2. The van der Waals surface area contributed by atoms with Crippen molar-refractivity contribution in [3.63, 3.8) is 0 Å². The quantitative estimate of drug-likeness (QED) is 0.832. The maximum atomic E-state index is 3.96. The molecule has 0 aromatic carbocycles. The number of hydrogen-bond acceptors (Lipinski definition) is 4. The van der Waals surface area contributed by atoms with Crippen molar-refractivity contribution < 1.29 is 0 Å². The minimum atomic E-state index is 0.784. The highest BCUT2D eigenvalue weighted by Gasteiger charge is 2.32. The molecule has 3 aliphatic rings. The van der Waals surface area contributed by atoms with Crippen LogP contribution in [0.15, 0.2) is 0 Å². The summed E-state index contributed by atoms with van der Waals surface area (Å²) in [6.07, 6.45) is 9.99. The van der Waals surface area contributed by atoms with E-state index >= 15 is 0 Å². The summed E-state index contributed by atoms with van der Waals surface area (Å²) in [4.78, 5) is 0. The van der Waals surface area contributed by atoms with E-state index < -0.39 is 0 Å². The summed E-state index contributed by atoms with van der Waals surface area (Å²) in [5, 5.41) is 8.63. The molecule has 0 aromatic rings. The first-order valence-electron chi connectivity index (χ1n) is 8.59. The highest BCUT2D eigenvalue weighted by Crippen LogP contribution is 2.31. The van der Waals surface area contributed by atoms with Gasteiger partial charge in [-0.3, -0.25) is 0 Å². The van der Waals surface area contributed by atoms with Crippen LogP contribution in [0.25, 0.3) is 0 Å². The normalized spacial score (nSPS) is 39.6. The van der Waals surface area contributed by atoms with Crippen LogP contribution in [0.5, 0.6) is 0 Å².